The summed E-state index contributed by atoms with van der Waals surface area (Å²) in [5.41, 5.74) is 5.51. The maximum Gasteiger partial charge on any atom is 0.243 e. The first kappa shape index (κ1) is 27.0. The first-order valence-corrected chi connectivity index (χ1v) is 13.5. The minimum atomic E-state index is -0.774. The van der Waals surface area contributed by atoms with E-state index < -0.39 is 18.1 Å². The molecule has 0 saturated carbocycles. The third kappa shape index (κ3) is 6.26. The van der Waals surface area contributed by atoms with Gasteiger partial charge in [0, 0.05) is 32.2 Å². The molecule has 0 radical (unpaired) electrons. The number of aromatic nitrogens is 2. The maximum absolute atomic E-state index is 13.6. The van der Waals surface area contributed by atoms with E-state index in [4.69, 9.17) is 9.63 Å². The van der Waals surface area contributed by atoms with Gasteiger partial charge in [0.1, 0.15) is 17.7 Å². The van der Waals surface area contributed by atoms with Gasteiger partial charge >= 0.3 is 0 Å². The summed E-state index contributed by atoms with van der Waals surface area (Å²) in [6, 6.07) is 8.94. The third-order valence-corrected chi connectivity index (χ3v) is 7.68. The fraction of sp³-hybridized carbons (Fsp3) is 0.481. The number of hydrogen-bond acceptors (Lipinski definition) is 8. The number of aliphatic hydroxyl groups is 2. The second-order valence-electron chi connectivity index (χ2n) is 9.85. The van der Waals surface area contributed by atoms with Gasteiger partial charge in [0.15, 0.2) is 0 Å². The number of hydrogen-bond donors (Lipinski definition) is 3. The van der Waals surface area contributed by atoms with Gasteiger partial charge in [-0.05, 0) is 36.8 Å². The molecule has 0 bridgehead atoms. The van der Waals surface area contributed by atoms with Crippen molar-refractivity contribution in [1.82, 2.24) is 20.4 Å². The Morgan fingerprint density at radius 2 is 2.03 bits per heavy atom. The highest BCUT2D eigenvalue weighted by Gasteiger charge is 2.43. The van der Waals surface area contributed by atoms with Crippen molar-refractivity contribution in [2.24, 2.45) is 5.92 Å². The molecule has 9 nitrogen and oxygen atoms in total. The Labute approximate surface area is 220 Å². The number of nitrogens with one attached hydrogen (secondary N) is 1. The Morgan fingerprint density at radius 1 is 1.27 bits per heavy atom. The van der Waals surface area contributed by atoms with E-state index in [0.29, 0.717) is 30.8 Å². The zero-order chi connectivity index (χ0) is 26.5. The molecule has 1 aliphatic heterocycles. The second-order valence-corrected chi connectivity index (χ2v) is 10.7. The average Bonchev–Trinajstić information content (AvgIpc) is 3.61. The predicted octanol–water partition coefficient (Wildman–Crippen LogP) is 3.05. The minimum absolute atomic E-state index is 0.0487. The van der Waals surface area contributed by atoms with E-state index in [9.17, 15) is 14.7 Å². The molecule has 1 fully saturated rings. The molecule has 37 heavy (non-hydrogen) atoms. The summed E-state index contributed by atoms with van der Waals surface area (Å²) in [4.78, 5) is 33.7. The van der Waals surface area contributed by atoms with Crippen molar-refractivity contribution in [3.63, 3.8) is 0 Å². The van der Waals surface area contributed by atoms with Crippen LogP contribution in [0.15, 0.2) is 40.4 Å². The smallest absolute Gasteiger partial charge is 0.243 e. The molecule has 3 aromatic rings. The van der Waals surface area contributed by atoms with Crippen LogP contribution in [0.5, 0.6) is 0 Å². The van der Waals surface area contributed by atoms with Gasteiger partial charge < -0.3 is 25.0 Å². The Morgan fingerprint density at radius 3 is 2.68 bits per heavy atom. The Hall–Kier alpha value is -3.08. The summed E-state index contributed by atoms with van der Waals surface area (Å²) in [6.07, 6.45) is 0.520. The lowest BCUT2D eigenvalue weighted by molar-refractivity contribution is -0.141. The number of nitrogens with zero attached hydrogens (tertiary/aromatic N) is 3. The molecule has 3 heterocycles. The van der Waals surface area contributed by atoms with Crippen LogP contribution in [-0.4, -0.2) is 62.4 Å². The van der Waals surface area contributed by atoms with Crippen molar-refractivity contribution in [3.8, 4) is 10.4 Å². The molecule has 1 aliphatic rings. The zero-order valence-electron chi connectivity index (χ0n) is 21.4. The number of rotatable bonds is 10. The number of thiazole rings is 1. The van der Waals surface area contributed by atoms with Gasteiger partial charge in [0.05, 0.1) is 27.9 Å². The van der Waals surface area contributed by atoms with Gasteiger partial charge in [-0.15, -0.1) is 11.3 Å². The summed E-state index contributed by atoms with van der Waals surface area (Å²) < 4.78 is 5.49. The third-order valence-electron chi connectivity index (χ3n) is 6.70. The molecule has 198 valence electrons. The van der Waals surface area contributed by atoms with Crippen LogP contribution in [0, 0.1) is 12.8 Å². The molecule has 3 N–H and O–H groups in total. The predicted molar refractivity (Wildman–Crippen MR) is 140 cm³/mol. The van der Waals surface area contributed by atoms with Gasteiger partial charge in [-0.1, -0.05) is 43.3 Å². The molecule has 3 atom stereocenters. The number of likely N-dealkylation sites (tertiary alicyclic amines) is 1. The standard InChI is InChI=1S/C27H34N4O5S/c1-16(2)24(23-11-20(30-36-23)5-4-10-32)27(35)31-14-21(33)12-22(31)26(34)28-13-18-6-8-19(9-7-18)25-17(3)29-15-37-25/h6-9,11,15-16,21-22,24,32-33H,4-5,10,12-14H2,1-3H3,(H,28,34)/t21-,22+,24?/m1/s1. The normalized spacial score (nSPS) is 18.4. The van der Waals surface area contributed by atoms with Crippen molar-refractivity contribution in [2.75, 3.05) is 13.2 Å². The van der Waals surface area contributed by atoms with Crippen LogP contribution in [0.3, 0.4) is 0 Å². The number of carbonyl (C=O) groups excluding carboxylic acids is 2. The van der Waals surface area contributed by atoms with Crippen LogP contribution >= 0.6 is 11.3 Å². The number of benzene rings is 1. The lowest BCUT2D eigenvalue weighted by atomic mass is 9.91. The molecule has 2 amide bonds. The van der Waals surface area contributed by atoms with Gasteiger partial charge in [-0.25, -0.2) is 4.98 Å². The minimum Gasteiger partial charge on any atom is -0.396 e. The zero-order valence-corrected chi connectivity index (χ0v) is 22.2. The number of β-amino-alcohol motifs (C(OH)–C–C–N with tert-alkyl or cyclic N) is 1. The van der Waals surface area contributed by atoms with Crippen molar-refractivity contribution >= 4 is 23.2 Å². The molecule has 0 spiro atoms. The van der Waals surface area contributed by atoms with Gasteiger partial charge in [-0.3, -0.25) is 9.59 Å². The van der Waals surface area contributed by atoms with Crippen molar-refractivity contribution in [3.05, 3.63) is 58.6 Å². The van der Waals surface area contributed by atoms with Crippen molar-refractivity contribution in [2.45, 2.75) is 64.6 Å². The van der Waals surface area contributed by atoms with Crippen LogP contribution in [0.4, 0.5) is 0 Å². The molecule has 10 heteroatoms. The molecule has 2 aromatic heterocycles. The van der Waals surface area contributed by atoms with Crippen LogP contribution in [-0.2, 0) is 22.6 Å². The molecular formula is C27H34N4O5S. The number of amides is 2. The first-order chi connectivity index (χ1) is 17.8. The molecule has 0 aliphatic carbocycles. The van der Waals surface area contributed by atoms with E-state index >= 15 is 0 Å². The molecule has 1 saturated heterocycles. The summed E-state index contributed by atoms with van der Waals surface area (Å²) in [6.45, 7) is 6.27. The highest BCUT2D eigenvalue weighted by molar-refractivity contribution is 7.13. The SMILES string of the molecule is Cc1ncsc1-c1ccc(CNC(=O)[C@@H]2C[C@@H](O)CN2C(=O)C(c2cc(CCCO)no2)C(C)C)cc1. The summed E-state index contributed by atoms with van der Waals surface area (Å²) in [5.74, 6) is -0.853. The van der Waals surface area contributed by atoms with Gasteiger partial charge in [0.25, 0.3) is 0 Å². The molecule has 1 aromatic carbocycles. The highest BCUT2D eigenvalue weighted by atomic mass is 32.1. The van der Waals surface area contributed by atoms with E-state index in [1.54, 1.807) is 17.4 Å². The Balaban J connectivity index is 1.42. The van der Waals surface area contributed by atoms with Gasteiger partial charge in [-0.2, -0.15) is 0 Å². The summed E-state index contributed by atoms with van der Waals surface area (Å²) in [5, 5.41) is 26.4. The Kier molecular flexibility index (Phi) is 8.73. The fourth-order valence-corrected chi connectivity index (χ4v) is 5.54. The second kappa shape index (κ2) is 12.0. The largest absolute Gasteiger partial charge is 0.396 e. The van der Waals surface area contributed by atoms with Crippen molar-refractivity contribution in [1.29, 1.82) is 0 Å². The van der Waals surface area contributed by atoms with Gasteiger partial charge in [0.2, 0.25) is 11.8 Å². The monoisotopic (exact) mass is 526 g/mol. The maximum atomic E-state index is 13.6. The van der Waals surface area contributed by atoms with Crippen molar-refractivity contribution < 1.29 is 24.3 Å². The van der Waals surface area contributed by atoms with Crippen LogP contribution in [0.1, 0.15) is 55.3 Å². The van der Waals surface area contributed by atoms with E-state index in [1.165, 1.54) is 4.90 Å². The summed E-state index contributed by atoms with van der Waals surface area (Å²) >= 11 is 1.59. The number of aliphatic hydroxyl groups excluding tert-OH is 2. The quantitative estimate of drug-likeness (QED) is 0.370. The van der Waals surface area contributed by atoms with E-state index in [2.05, 4.69) is 15.5 Å². The fourth-order valence-electron chi connectivity index (χ4n) is 4.73. The van der Waals surface area contributed by atoms with Crippen LogP contribution in [0.25, 0.3) is 10.4 Å². The number of carbonyl (C=O) groups is 2. The first-order valence-electron chi connectivity index (χ1n) is 12.6. The van der Waals surface area contributed by atoms with Crippen LogP contribution < -0.4 is 5.32 Å². The average molecular weight is 527 g/mol. The molecule has 4 rings (SSSR count). The Bertz CT molecular complexity index is 1210. The molecule has 1 unspecified atom stereocenters. The van der Waals surface area contributed by atoms with Crippen LogP contribution in [0.2, 0.25) is 0 Å². The number of aryl methyl sites for hydroxylation is 2. The summed E-state index contributed by atoms with van der Waals surface area (Å²) in [7, 11) is 0. The molecular weight excluding hydrogens is 492 g/mol. The highest BCUT2D eigenvalue weighted by Crippen LogP contribution is 2.31. The lowest BCUT2D eigenvalue weighted by Gasteiger charge is -2.28. The van der Waals surface area contributed by atoms with E-state index in [0.717, 1.165) is 21.7 Å². The lowest BCUT2D eigenvalue weighted by Crippen LogP contribution is -2.48. The topological polar surface area (TPSA) is 129 Å². The van der Waals surface area contributed by atoms with E-state index in [-0.39, 0.29) is 37.3 Å². The van der Waals surface area contributed by atoms with E-state index in [1.807, 2.05) is 50.5 Å².